The number of hydrogen-bond donors (Lipinski definition) is 4. The number of aliphatic hydroxyl groups is 1. The van der Waals surface area contributed by atoms with Gasteiger partial charge in [-0.15, -0.1) is 0 Å². The van der Waals surface area contributed by atoms with Gasteiger partial charge in [-0.1, -0.05) is 66.2 Å². The van der Waals surface area contributed by atoms with E-state index in [0.29, 0.717) is 61.2 Å². The lowest BCUT2D eigenvalue weighted by Crippen LogP contribution is -2.48. The molecule has 4 atom stereocenters. The Balaban J connectivity index is 1.62. The van der Waals surface area contributed by atoms with Crippen LogP contribution in [0.3, 0.4) is 0 Å². The quantitative estimate of drug-likeness (QED) is 0.115. The average molecular weight is 672 g/mol. The normalized spacial score (nSPS) is 18.3. The number of pyridine rings is 1. The Labute approximate surface area is 282 Å². The molecule has 0 bridgehead atoms. The number of aliphatic hydroxyl groups excluding tert-OH is 1. The van der Waals surface area contributed by atoms with Gasteiger partial charge in [0.05, 0.1) is 17.1 Å². The molecule has 1 aromatic carbocycles. The number of carbonyl (C=O) groups is 2. The fourth-order valence-electron chi connectivity index (χ4n) is 6.98. The number of sulfonamides is 1. The standard InChI is InChI=1S/C36H57N5O5S/c1-5-28(6-2)29-12-9-11-27(21-29)22-34(40-35(43)30-13-10-19-38-23-30)36(44)39-20-8-7-14-32(25-42)41(24-26(3)4)47(45,46)33-17-15-31(37)16-18-33/h10,13,15-19,23,26-29,32,34,42H,5-9,11-12,14,20-22,24-25,37H2,1-4H3,(H,39,44)(H,40,43)/t27?,29?,32?,34-/m0/s1. The number of benzene rings is 1. The summed E-state index contributed by atoms with van der Waals surface area (Å²) < 4.78 is 28.5. The highest BCUT2D eigenvalue weighted by Crippen LogP contribution is 2.38. The predicted octanol–water partition coefficient (Wildman–Crippen LogP) is 5.39. The maximum atomic E-state index is 13.6. The number of amides is 2. The van der Waals surface area contributed by atoms with Gasteiger partial charge in [-0.3, -0.25) is 14.6 Å². The van der Waals surface area contributed by atoms with Crippen molar-refractivity contribution in [2.24, 2.45) is 23.7 Å². The number of hydrogen-bond acceptors (Lipinski definition) is 7. The minimum atomic E-state index is -3.85. The first-order valence-electron chi connectivity index (χ1n) is 17.5. The largest absolute Gasteiger partial charge is 0.399 e. The number of aromatic nitrogens is 1. The molecule has 0 spiro atoms. The molecule has 1 aliphatic carbocycles. The predicted molar refractivity (Wildman–Crippen MR) is 187 cm³/mol. The third kappa shape index (κ3) is 11.6. The lowest BCUT2D eigenvalue weighted by atomic mass is 9.72. The minimum absolute atomic E-state index is 0.0555. The van der Waals surface area contributed by atoms with E-state index in [1.807, 2.05) is 13.8 Å². The van der Waals surface area contributed by atoms with Crippen LogP contribution in [0.2, 0.25) is 0 Å². The molecule has 2 aromatic rings. The summed E-state index contributed by atoms with van der Waals surface area (Å²) in [6, 6.07) is 8.23. The highest BCUT2D eigenvalue weighted by Gasteiger charge is 2.33. The second kappa shape index (κ2) is 19.1. The van der Waals surface area contributed by atoms with Gasteiger partial charge in [0, 0.05) is 37.2 Å². The first-order valence-corrected chi connectivity index (χ1v) is 18.9. The number of anilines is 1. The van der Waals surface area contributed by atoms with E-state index in [0.717, 1.165) is 32.1 Å². The Morgan fingerprint density at radius 2 is 1.81 bits per heavy atom. The van der Waals surface area contributed by atoms with Crippen LogP contribution in [-0.4, -0.2) is 66.4 Å². The van der Waals surface area contributed by atoms with Gasteiger partial charge in [0.1, 0.15) is 6.04 Å². The maximum absolute atomic E-state index is 13.6. The van der Waals surface area contributed by atoms with E-state index in [9.17, 15) is 23.1 Å². The summed E-state index contributed by atoms with van der Waals surface area (Å²) in [6.07, 6.45) is 12.2. The summed E-state index contributed by atoms with van der Waals surface area (Å²) in [4.78, 5) is 30.8. The number of rotatable bonds is 19. The first-order chi connectivity index (χ1) is 22.5. The molecule has 1 fully saturated rings. The van der Waals surface area contributed by atoms with Crippen LogP contribution >= 0.6 is 0 Å². The number of unbranched alkanes of at least 4 members (excludes halogenated alkanes) is 1. The second-order valence-electron chi connectivity index (χ2n) is 13.5. The van der Waals surface area contributed by atoms with Gasteiger partial charge in [-0.05, 0) is 85.8 Å². The third-order valence-electron chi connectivity index (χ3n) is 9.57. The van der Waals surface area contributed by atoms with Crippen LogP contribution in [0.15, 0.2) is 53.7 Å². The zero-order valence-electron chi connectivity index (χ0n) is 28.7. The average Bonchev–Trinajstić information content (AvgIpc) is 3.06. The molecule has 1 heterocycles. The van der Waals surface area contributed by atoms with Crippen molar-refractivity contribution in [3.05, 3.63) is 54.4 Å². The van der Waals surface area contributed by atoms with Gasteiger partial charge >= 0.3 is 0 Å². The van der Waals surface area contributed by atoms with E-state index in [4.69, 9.17) is 5.73 Å². The van der Waals surface area contributed by atoms with E-state index in [1.165, 1.54) is 29.1 Å². The van der Waals surface area contributed by atoms with Crippen LogP contribution in [0.1, 0.15) is 102 Å². The summed E-state index contributed by atoms with van der Waals surface area (Å²) in [5.41, 5.74) is 6.66. The summed E-state index contributed by atoms with van der Waals surface area (Å²) in [5, 5.41) is 16.3. The van der Waals surface area contributed by atoms with Crippen LogP contribution in [0.5, 0.6) is 0 Å². The number of nitrogens with two attached hydrogens (primary N) is 1. The van der Waals surface area contributed by atoms with Crippen molar-refractivity contribution in [3.8, 4) is 0 Å². The highest BCUT2D eigenvalue weighted by molar-refractivity contribution is 7.89. The summed E-state index contributed by atoms with van der Waals surface area (Å²) in [6.45, 7) is 8.74. The molecule has 2 amide bonds. The van der Waals surface area contributed by atoms with Gasteiger partial charge in [0.25, 0.3) is 5.91 Å². The highest BCUT2D eigenvalue weighted by atomic mass is 32.2. The molecular weight excluding hydrogens is 614 g/mol. The van der Waals surface area contributed by atoms with Crippen LogP contribution < -0.4 is 16.4 Å². The van der Waals surface area contributed by atoms with Crippen LogP contribution in [0, 0.1) is 23.7 Å². The molecule has 0 saturated heterocycles. The summed E-state index contributed by atoms with van der Waals surface area (Å²) >= 11 is 0. The first kappa shape index (κ1) is 38.4. The molecule has 10 nitrogen and oxygen atoms in total. The van der Waals surface area contributed by atoms with E-state index in [2.05, 4.69) is 29.5 Å². The number of nitrogen functional groups attached to an aromatic ring is 1. The van der Waals surface area contributed by atoms with E-state index in [1.54, 1.807) is 30.5 Å². The molecule has 1 aromatic heterocycles. The second-order valence-corrected chi connectivity index (χ2v) is 15.4. The molecule has 5 N–H and O–H groups in total. The zero-order valence-corrected chi connectivity index (χ0v) is 29.6. The number of nitrogens with zero attached hydrogens (tertiary/aromatic N) is 2. The third-order valence-corrected chi connectivity index (χ3v) is 11.5. The van der Waals surface area contributed by atoms with Gasteiger partial charge in [0.15, 0.2) is 0 Å². The van der Waals surface area contributed by atoms with Gasteiger partial charge < -0.3 is 21.5 Å². The Morgan fingerprint density at radius 1 is 1.09 bits per heavy atom. The smallest absolute Gasteiger partial charge is 0.253 e. The van der Waals surface area contributed by atoms with Crippen LogP contribution in [-0.2, 0) is 14.8 Å². The molecule has 3 rings (SSSR count). The van der Waals surface area contributed by atoms with E-state index < -0.39 is 22.1 Å². The Morgan fingerprint density at radius 3 is 2.43 bits per heavy atom. The van der Waals surface area contributed by atoms with Gasteiger partial charge in [-0.2, -0.15) is 4.31 Å². The van der Waals surface area contributed by atoms with Crippen molar-refractivity contribution < 1.29 is 23.1 Å². The van der Waals surface area contributed by atoms with Crippen molar-refractivity contribution in [2.75, 3.05) is 25.4 Å². The lowest BCUT2D eigenvalue weighted by Gasteiger charge is -2.35. The number of carbonyl (C=O) groups excluding carboxylic acids is 2. The fraction of sp³-hybridized carbons (Fsp3) is 0.639. The van der Waals surface area contributed by atoms with Gasteiger partial charge in [-0.25, -0.2) is 8.42 Å². The molecule has 262 valence electrons. The zero-order chi connectivity index (χ0) is 34.4. The topological polar surface area (TPSA) is 155 Å². The molecule has 1 aliphatic rings. The molecule has 0 aliphatic heterocycles. The Kier molecular flexibility index (Phi) is 15.6. The van der Waals surface area contributed by atoms with Crippen LogP contribution in [0.4, 0.5) is 5.69 Å². The molecule has 47 heavy (non-hydrogen) atoms. The lowest BCUT2D eigenvalue weighted by molar-refractivity contribution is -0.123. The van der Waals surface area contributed by atoms with Crippen LogP contribution in [0.25, 0.3) is 0 Å². The van der Waals surface area contributed by atoms with Gasteiger partial charge in [0.2, 0.25) is 15.9 Å². The maximum Gasteiger partial charge on any atom is 0.253 e. The fourth-order valence-corrected chi connectivity index (χ4v) is 8.79. The SMILES string of the molecule is CCC(CC)C1CCCC(C[C@H](NC(=O)c2cccnc2)C(=O)NCCCCC(CO)N(CC(C)C)S(=O)(=O)c2ccc(N)cc2)C1. The van der Waals surface area contributed by atoms with Crippen molar-refractivity contribution in [1.29, 1.82) is 0 Å². The van der Waals surface area contributed by atoms with E-state index >= 15 is 0 Å². The van der Waals surface area contributed by atoms with E-state index in [-0.39, 0.29) is 35.8 Å². The molecule has 1 saturated carbocycles. The molecule has 11 heteroatoms. The number of nitrogens with one attached hydrogen (secondary N) is 2. The summed E-state index contributed by atoms with van der Waals surface area (Å²) in [7, 11) is -3.85. The Bertz CT molecular complexity index is 1340. The molecule has 0 radical (unpaired) electrons. The monoisotopic (exact) mass is 671 g/mol. The summed E-state index contributed by atoms with van der Waals surface area (Å²) in [5.74, 6) is 1.23. The minimum Gasteiger partial charge on any atom is -0.399 e. The van der Waals surface area contributed by atoms with Crippen molar-refractivity contribution in [3.63, 3.8) is 0 Å². The van der Waals surface area contributed by atoms with Crippen molar-refractivity contribution >= 4 is 27.5 Å². The Hall–Kier alpha value is -3.02. The van der Waals surface area contributed by atoms with Crippen molar-refractivity contribution in [1.82, 2.24) is 19.9 Å². The molecule has 3 unspecified atom stereocenters. The molecular formula is C36H57N5O5S. The van der Waals surface area contributed by atoms with Crippen molar-refractivity contribution in [2.45, 2.75) is 109 Å².